The number of carbonyl (C=O) groups is 1. The van der Waals surface area contributed by atoms with Crippen molar-refractivity contribution in [2.45, 2.75) is 103 Å². The van der Waals surface area contributed by atoms with E-state index in [0.29, 0.717) is 11.5 Å². The molecule has 0 heterocycles. The molecule has 1 N–H and O–H groups in total. The van der Waals surface area contributed by atoms with E-state index in [4.69, 9.17) is 0 Å². The number of hydrogen-bond acceptors (Lipinski definition) is 1. The summed E-state index contributed by atoms with van der Waals surface area (Å²) in [5.41, 5.74) is 0.432. The van der Waals surface area contributed by atoms with Crippen molar-refractivity contribution >= 4 is 5.91 Å². The maximum atomic E-state index is 10.9. The van der Waals surface area contributed by atoms with Gasteiger partial charge in [0.05, 0.1) is 0 Å². The van der Waals surface area contributed by atoms with Crippen LogP contribution in [0.25, 0.3) is 0 Å². The summed E-state index contributed by atoms with van der Waals surface area (Å²) in [6.45, 7) is 12.6. The lowest BCUT2D eigenvalue weighted by atomic mass is 9.71. The lowest BCUT2D eigenvalue weighted by Crippen LogP contribution is -2.38. The van der Waals surface area contributed by atoms with Crippen LogP contribution in [0.15, 0.2) is 0 Å². The molecule has 1 rings (SSSR count). The van der Waals surface area contributed by atoms with Crippen molar-refractivity contribution in [1.29, 1.82) is 0 Å². The molecule has 0 unspecified atom stereocenters. The highest BCUT2D eigenvalue weighted by atomic mass is 16.1. The lowest BCUT2D eigenvalue weighted by Gasteiger charge is -2.37. The van der Waals surface area contributed by atoms with E-state index in [-0.39, 0.29) is 35.6 Å². The summed E-state index contributed by atoms with van der Waals surface area (Å²) in [7, 11) is 0. The van der Waals surface area contributed by atoms with Gasteiger partial charge in [-0.25, -0.2) is 0 Å². The van der Waals surface area contributed by atoms with Crippen LogP contribution in [-0.4, -0.2) is 11.9 Å². The lowest BCUT2D eigenvalue weighted by molar-refractivity contribution is -0.119. The normalized spacial score (nSPS) is 20.3. The number of amides is 1. The van der Waals surface area contributed by atoms with Crippen molar-refractivity contribution in [1.82, 2.24) is 5.32 Å². The van der Waals surface area contributed by atoms with Crippen LogP contribution in [0.4, 0.5) is 0 Å². The van der Waals surface area contributed by atoms with Gasteiger partial charge in [0, 0.05) is 13.0 Å². The van der Waals surface area contributed by atoms with Gasteiger partial charge in [0.1, 0.15) is 0 Å². The highest BCUT2D eigenvalue weighted by Crippen LogP contribution is 2.37. The third kappa shape index (κ3) is 12.5. The average molecular weight is 292 g/mol. The van der Waals surface area contributed by atoms with E-state index in [1.165, 1.54) is 12.8 Å². The molecular weight excluding hydrogens is 246 g/mol. The van der Waals surface area contributed by atoms with Gasteiger partial charge in [-0.2, -0.15) is 0 Å². The van der Waals surface area contributed by atoms with E-state index in [9.17, 15) is 4.79 Å². The van der Waals surface area contributed by atoms with Gasteiger partial charge in [0.15, 0.2) is 0 Å². The maximum Gasteiger partial charge on any atom is 0.217 e. The first-order chi connectivity index (χ1) is 7.39. The molecule has 0 aromatic carbocycles. The van der Waals surface area contributed by atoms with Gasteiger partial charge in [0.25, 0.3) is 0 Å². The van der Waals surface area contributed by atoms with Crippen molar-refractivity contribution in [2.75, 3.05) is 0 Å². The van der Waals surface area contributed by atoms with Gasteiger partial charge in [-0.3, -0.25) is 4.79 Å². The Hall–Kier alpha value is -0.530. The van der Waals surface area contributed by atoms with E-state index >= 15 is 0 Å². The van der Waals surface area contributed by atoms with Crippen LogP contribution in [-0.2, 0) is 4.79 Å². The summed E-state index contributed by atoms with van der Waals surface area (Å²) < 4.78 is 0. The van der Waals surface area contributed by atoms with Crippen LogP contribution >= 0.6 is 0 Å². The largest absolute Gasteiger partial charge is 0.354 e. The highest BCUT2D eigenvalue weighted by Gasteiger charge is 2.29. The first-order valence-electron chi connectivity index (χ1n) is 6.66. The van der Waals surface area contributed by atoms with E-state index < -0.39 is 0 Å². The van der Waals surface area contributed by atoms with Gasteiger partial charge in [-0.15, -0.1) is 0 Å². The molecule has 1 saturated carbocycles. The van der Waals surface area contributed by atoms with Gasteiger partial charge in [-0.1, -0.05) is 64.3 Å². The van der Waals surface area contributed by atoms with Crippen molar-refractivity contribution in [2.24, 2.45) is 11.3 Å². The molecule has 2 nitrogen and oxygen atoms in total. The van der Waals surface area contributed by atoms with Gasteiger partial charge < -0.3 is 5.32 Å². The Labute approximate surface area is 131 Å². The third-order valence-corrected chi connectivity index (χ3v) is 3.36. The minimum atomic E-state index is 0. The summed E-state index contributed by atoms with van der Waals surface area (Å²) in [5, 5.41) is 3.01. The van der Waals surface area contributed by atoms with Crippen LogP contribution in [0.2, 0.25) is 0 Å². The van der Waals surface area contributed by atoms with Crippen LogP contribution in [0.3, 0.4) is 0 Å². The number of hydrogen-bond donors (Lipinski definition) is 1. The molecule has 0 spiro atoms. The fourth-order valence-corrected chi connectivity index (χ4v) is 2.39. The van der Waals surface area contributed by atoms with Crippen molar-refractivity contribution in [3.8, 4) is 0 Å². The van der Waals surface area contributed by atoms with E-state index in [1.807, 2.05) is 13.8 Å². The molecule has 0 aromatic heterocycles. The number of nitrogens with one attached hydrogen (secondary N) is 1. The Balaban J connectivity index is -0.000000119. The van der Waals surface area contributed by atoms with Crippen LogP contribution in [0.5, 0.6) is 0 Å². The Kier molecular flexibility index (Phi) is 23.6. The average Bonchev–Trinajstić information content (AvgIpc) is 2.19. The topological polar surface area (TPSA) is 29.1 Å². The van der Waals surface area contributed by atoms with E-state index in [0.717, 1.165) is 18.8 Å². The predicted octanol–water partition coefficient (Wildman–Crippen LogP) is 6.30. The Bertz CT molecular complexity index is 198. The minimum Gasteiger partial charge on any atom is -0.354 e. The smallest absolute Gasteiger partial charge is 0.217 e. The summed E-state index contributed by atoms with van der Waals surface area (Å²) >= 11 is 0. The molecule has 0 aliphatic heterocycles. The van der Waals surface area contributed by atoms with Crippen molar-refractivity contribution in [3.05, 3.63) is 0 Å². The third-order valence-electron chi connectivity index (χ3n) is 3.36. The van der Waals surface area contributed by atoms with Crippen LogP contribution < -0.4 is 5.32 Å². The molecule has 0 atom stereocenters. The monoisotopic (exact) mass is 291 g/mol. The molecule has 1 fully saturated rings. The highest BCUT2D eigenvalue weighted by molar-refractivity contribution is 5.73. The van der Waals surface area contributed by atoms with Crippen molar-refractivity contribution < 1.29 is 4.79 Å². The fraction of sp³-hybridized carbons (Fsp3) is 0.944. The molecule has 128 valence electrons. The zero-order valence-corrected chi connectivity index (χ0v) is 11.9. The second-order valence-corrected chi connectivity index (χ2v) is 5.62. The van der Waals surface area contributed by atoms with E-state index in [1.54, 1.807) is 6.92 Å². The summed E-state index contributed by atoms with van der Waals surface area (Å²) in [6.07, 6.45) is 4.83. The van der Waals surface area contributed by atoms with Gasteiger partial charge in [-0.05, 0) is 37.0 Å². The van der Waals surface area contributed by atoms with Crippen molar-refractivity contribution in [3.63, 3.8) is 0 Å². The molecule has 1 aliphatic carbocycles. The zero-order chi connectivity index (χ0) is 12.8. The quantitative estimate of drug-likeness (QED) is 0.603. The summed E-state index contributed by atoms with van der Waals surface area (Å²) in [6, 6.07) is 0.436. The molecule has 1 amide bonds. The fourth-order valence-electron chi connectivity index (χ4n) is 2.39. The van der Waals surface area contributed by atoms with Gasteiger partial charge in [0.2, 0.25) is 5.91 Å². The molecule has 2 heteroatoms. The minimum absolute atomic E-state index is 0. The standard InChI is InChI=1S/C12H23NO.C2H6.4CH4/c1-9(14)13-11-7-5-10(6-8-11)12(2,3)4;1-2;;;;/h10-11H,5-8H2,1-4H3,(H,13,14);1-2H3;4*1H4. The predicted molar refractivity (Wildman–Crippen MR) is 97.3 cm³/mol. The second-order valence-electron chi connectivity index (χ2n) is 5.62. The molecule has 0 bridgehead atoms. The maximum absolute atomic E-state index is 10.9. The second kappa shape index (κ2) is 14.9. The van der Waals surface area contributed by atoms with Gasteiger partial charge >= 0.3 is 0 Å². The Morgan fingerprint density at radius 1 is 0.900 bits per heavy atom. The zero-order valence-electron chi connectivity index (χ0n) is 11.9. The van der Waals surface area contributed by atoms with E-state index in [2.05, 4.69) is 26.1 Å². The molecule has 20 heavy (non-hydrogen) atoms. The molecule has 0 saturated heterocycles. The first-order valence-corrected chi connectivity index (χ1v) is 6.66. The SMILES string of the molecule is C.C.C.C.CC.CC(=O)NC1CCC(C(C)(C)C)CC1. The molecule has 1 aliphatic rings. The van der Waals surface area contributed by atoms with Crippen LogP contribution in [0, 0.1) is 11.3 Å². The molecule has 0 radical (unpaired) electrons. The summed E-state index contributed by atoms with van der Waals surface area (Å²) in [5.74, 6) is 0.941. The summed E-state index contributed by atoms with van der Waals surface area (Å²) in [4.78, 5) is 10.9. The molecular formula is C18H45NO. The van der Waals surface area contributed by atoms with Crippen LogP contribution in [0.1, 0.15) is 96.9 Å². The number of carbonyl (C=O) groups excluding carboxylic acids is 1. The Morgan fingerprint density at radius 3 is 1.50 bits per heavy atom. The molecule has 0 aromatic rings. The number of rotatable bonds is 1. The first kappa shape index (κ1) is 31.7. The Morgan fingerprint density at radius 2 is 1.25 bits per heavy atom.